The fraction of sp³-hybridized carbons (Fsp3) is 0.909. The molecule has 2 fully saturated rings. The van der Waals surface area contributed by atoms with Gasteiger partial charge >= 0.3 is 0 Å². The normalized spacial score (nSPS) is 28.8. The van der Waals surface area contributed by atoms with Crippen molar-refractivity contribution in [2.24, 2.45) is 0 Å². The zero-order chi connectivity index (χ0) is 14.8. The SMILES string of the molecule is O=C(CCS(=O)(=O)N1CCOCC1)N1C[C@@H](O)[C@@H](O)C1. The number of carbonyl (C=O) groups excluding carboxylic acids is 1. The maximum absolute atomic E-state index is 12.0. The minimum Gasteiger partial charge on any atom is -0.388 e. The molecule has 0 aromatic heterocycles. The van der Waals surface area contributed by atoms with Gasteiger partial charge in [-0.2, -0.15) is 4.31 Å². The Morgan fingerprint density at radius 3 is 2.25 bits per heavy atom. The Kier molecular flexibility index (Phi) is 4.97. The molecule has 0 aliphatic carbocycles. The van der Waals surface area contributed by atoms with Gasteiger partial charge in [0.05, 0.1) is 31.2 Å². The van der Waals surface area contributed by atoms with E-state index < -0.39 is 22.2 Å². The second-order valence-electron chi connectivity index (χ2n) is 5.01. The molecule has 0 aromatic carbocycles. The quantitative estimate of drug-likeness (QED) is 0.600. The van der Waals surface area contributed by atoms with Gasteiger partial charge in [0.15, 0.2) is 0 Å². The van der Waals surface area contributed by atoms with E-state index in [2.05, 4.69) is 0 Å². The van der Waals surface area contributed by atoms with E-state index in [9.17, 15) is 23.4 Å². The van der Waals surface area contributed by atoms with Crippen molar-refractivity contribution in [3.05, 3.63) is 0 Å². The number of amides is 1. The van der Waals surface area contributed by atoms with Crippen LogP contribution in [-0.4, -0.2) is 91.1 Å². The molecule has 9 heteroatoms. The minimum absolute atomic E-state index is 0.0532. The Labute approximate surface area is 118 Å². The van der Waals surface area contributed by atoms with Crippen molar-refractivity contribution in [1.29, 1.82) is 0 Å². The first-order valence-electron chi connectivity index (χ1n) is 6.59. The van der Waals surface area contributed by atoms with E-state index in [1.54, 1.807) is 0 Å². The monoisotopic (exact) mass is 308 g/mol. The van der Waals surface area contributed by atoms with E-state index in [0.29, 0.717) is 26.3 Å². The summed E-state index contributed by atoms with van der Waals surface area (Å²) in [4.78, 5) is 13.2. The third-order valence-electron chi connectivity index (χ3n) is 3.55. The van der Waals surface area contributed by atoms with Crippen LogP contribution in [0.2, 0.25) is 0 Å². The van der Waals surface area contributed by atoms with Gasteiger partial charge in [-0.25, -0.2) is 8.42 Å². The van der Waals surface area contributed by atoms with Gasteiger partial charge in [0, 0.05) is 32.6 Å². The summed E-state index contributed by atoms with van der Waals surface area (Å²) in [5.74, 6) is -0.619. The average molecular weight is 308 g/mol. The lowest BCUT2D eigenvalue weighted by Gasteiger charge is -2.26. The molecule has 116 valence electrons. The third kappa shape index (κ3) is 3.67. The largest absolute Gasteiger partial charge is 0.388 e. The molecule has 0 bridgehead atoms. The summed E-state index contributed by atoms with van der Waals surface area (Å²) in [5, 5.41) is 18.7. The number of aliphatic hydroxyl groups is 2. The van der Waals surface area contributed by atoms with Gasteiger partial charge in [-0.15, -0.1) is 0 Å². The van der Waals surface area contributed by atoms with Gasteiger partial charge in [0.25, 0.3) is 0 Å². The molecular weight excluding hydrogens is 288 g/mol. The number of hydrogen-bond donors (Lipinski definition) is 2. The van der Waals surface area contributed by atoms with Crippen LogP contribution in [0.4, 0.5) is 0 Å². The summed E-state index contributed by atoms with van der Waals surface area (Å²) in [6, 6.07) is 0. The van der Waals surface area contributed by atoms with Crippen LogP contribution in [-0.2, 0) is 19.6 Å². The summed E-state index contributed by atoms with van der Waals surface area (Å²) < 4.78 is 30.5. The number of carbonyl (C=O) groups is 1. The van der Waals surface area contributed by atoms with Crippen molar-refractivity contribution in [1.82, 2.24) is 9.21 Å². The molecule has 2 heterocycles. The van der Waals surface area contributed by atoms with Crippen LogP contribution >= 0.6 is 0 Å². The van der Waals surface area contributed by atoms with Crippen LogP contribution in [0, 0.1) is 0 Å². The fourth-order valence-electron chi connectivity index (χ4n) is 2.30. The summed E-state index contributed by atoms with van der Waals surface area (Å²) in [5.41, 5.74) is 0. The highest BCUT2D eigenvalue weighted by molar-refractivity contribution is 7.89. The zero-order valence-electron chi connectivity index (χ0n) is 11.1. The van der Waals surface area contributed by atoms with E-state index in [-0.39, 0.29) is 31.2 Å². The Morgan fingerprint density at radius 2 is 1.70 bits per heavy atom. The number of hydrogen-bond acceptors (Lipinski definition) is 6. The Hall–Kier alpha value is -0.740. The highest BCUT2D eigenvalue weighted by Crippen LogP contribution is 2.13. The number of nitrogens with zero attached hydrogens (tertiary/aromatic N) is 2. The van der Waals surface area contributed by atoms with Crippen molar-refractivity contribution in [2.45, 2.75) is 18.6 Å². The van der Waals surface area contributed by atoms with Crippen molar-refractivity contribution >= 4 is 15.9 Å². The molecule has 0 aromatic rings. The predicted octanol–water partition coefficient (Wildman–Crippen LogP) is -2.40. The number of morpholine rings is 1. The molecule has 0 saturated carbocycles. The van der Waals surface area contributed by atoms with Crippen LogP contribution in [0.15, 0.2) is 0 Å². The van der Waals surface area contributed by atoms with Crippen LogP contribution in [0.25, 0.3) is 0 Å². The lowest BCUT2D eigenvalue weighted by Crippen LogP contribution is -2.42. The third-order valence-corrected chi connectivity index (χ3v) is 5.42. The number of rotatable bonds is 4. The fourth-order valence-corrected chi connectivity index (χ4v) is 3.70. The molecule has 2 aliphatic heterocycles. The molecule has 2 rings (SSSR count). The highest BCUT2D eigenvalue weighted by Gasteiger charge is 2.33. The number of ether oxygens (including phenoxy) is 1. The number of likely N-dealkylation sites (tertiary alicyclic amines) is 1. The summed E-state index contributed by atoms with van der Waals surface area (Å²) in [6.07, 6.45) is -2.04. The number of β-amino-alcohol motifs (C(OH)–C–C–N with tert-alkyl or cyclic N) is 2. The smallest absolute Gasteiger partial charge is 0.223 e. The maximum Gasteiger partial charge on any atom is 0.223 e. The Balaban J connectivity index is 1.83. The molecule has 1 amide bonds. The highest BCUT2D eigenvalue weighted by atomic mass is 32.2. The molecule has 20 heavy (non-hydrogen) atoms. The van der Waals surface area contributed by atoms with Gasteiger partial charge in [-0.3, -0.25) is 4.79 Å². The summed E-state index contributed by atoms with van der Waals surface area (Å²) >= 11 is 0. The van der Waals surface area contributed by atoms with Gasteiger partial charge < -0.3 is 19.8 Å². The number of sulfonamides is 1. The van der Waals surface area contributed by atoms with E-state index in [1.807, 2.05) is 0 Å². The van der Waals surface area contributed by atoms with E-state index in [4.69, 9.17) is 4.74 Å². The predicted molar refractivity (Wildman–Crippen MR) is 69.4 cm³/mol. The first-order valence-corrected chi connectivity index (χ1v) is 8.20. The topological polar surface area (TPSA) is 107 Å². The molecule has 8 nitrogen and oxygen atoms in total. The second-order valence-corrected chi connectivity index (χ2v) is 7.10. The van der Waals surface area contributed by atoms with E-state index >= 15 is 0 Å². The number of aliphatic hydroxyl groups excluding tert-OH is 2. The first-order chi connectivity index (χ1) is 9.40. The molecule has 2 saturated heterocycles. The Bertz CT molecular complexity index is 438. The van der Waals surface area contributed by atoms with Gasteiger partial charge in [0.1, 0.15) is 0 Å². The lowest BCUT2D eigenvalue weighted by atomic mass is 10.3. The van der Waals surface area contributed by atoms with Gasteiger partial charge in [-0.1, -0.05) is 0 Å². The van der Waals surface area contributed by atoms with Gasteiger partial charge in [0.2, 0.25) is 15.9 Å². The molecule has 0 radical (unpaired) electrons. The first kappa shape index (κ1) is 15.6. The molecule has 2 atom stereocenters. The van der Waals surface area contributed by atoms with Crippen LogP contribution < -0.4 is 0 Å². The van der Waals surface area contributed by atoms with Crippen molar-refractivity contribution < 1.29 is 28.2 Å². The van der Waals surface area contributed by atoms with E-state index in [1.165, 1.54) is 9.21 Å². The van der Waals surface area contributed by atoms with Crippen molar-refractivity contribution in [3.8, 4) is 0 Å². The average Bonchev–Trinajstić information content (AvgIpc) is 2.77. The lowest BCUT2D eigenvalue weighted by molar-refractivity contribution is -0.130. The maximum atomic E-state index is 12.0. The molecule has 2 N–H and O–H groups in total. The summed E-state index contributed by atoms with van der Waals surface area (Å²) in [6.45, 7) is 1.49. The molecule has 2 aliphatic rings. The van der Waals surface area contributed by atoms with Crippen LogP contribution in [0.5, 0.6) is 0 Å². The van der Waals surface area contributed by atoms with E-state index in [0.717, 1.165) is 0 Å². The van der Waals surface area contributed by atoms with Crippen LogP contribution in [0.3, 0.4) is 0 Å². The van der Waals surface area contributed by atoms with Crippen molar-refractivity contribution in [2.75, 3.05) is 45.1 Å². The second kappa shape index (κ2) is 6.35. The molecular formula is C11H20N2O6S. The Morgan fingerprint density at radius 1 is 1.15 bits per heavy atom. The molecule has 0 spiro atoms. The minimum atomic E-state index is -3.45. The standard InChI is InChI=1S/C11H20N2O6S/c14-9-7-12(8-10(9)15)11(16)1-6-20(17,18)13-2-4-19-5-3-13/h9-10,14-15H,1-8H2/t9-,10+. The summed E-state index contributed by atoms with van der Waals surface area (Å²) in [7, 11) is -3.45. The zero-order valence-corrected chi connectivity index (χ0v) is 12.0. The van der Waals surface area contributed by atoms with Crippen LogP contribution in [0.1, 0.15) is 6.42 Å². The van der Waals surface area contributed by atoms with Crippen molar-refractivity contribution in [3.63, 3.8) is 0 Å². The molecule has 0 unspecified atom stereocenters. The van der Waals surface area contributed by atoms with Gasteiger partial charge in [-0.05, 0) is 0 Å².